The first kappa shape index (κ1) is 14.4. The van der Waals surface area contributed by atoms with Crippen LogP contribution in [0.15, 0.2) is 17.5 Å². The summed E-state index contributed by atoms with van der Waals surface area (Å²) in [4.78, 5) is 14.7. The van der Waals surface area contributed by atoms with E-state index in [0.29, 0.717) is 6.42 Å². The molecule has 0 amide bonds. The minimum Gasteiger partial charge on any atom is -0.393 e. The van der Waals surface area contributed by atoms with Crippen LogP contribution >= 0.6 is 11.3 Å². The van der Waals surface area contributed by atoms with Gasteiger partial charge in [-0.25, -0.2) is 0 Å². The minimum atomic E-state index is -0.245. The molecule has 0 bridgehead atoms. The standard InChI is InChI=1S/C13H21NO2S/c1-11(15)7-9-14(2)8-3-5-12(16)13-6-4-10-17-13/h4,6,10-11,15H,3,5,7-9H2,1-2H3. The first-order valence-corrected chi connectivity index (χ1v) is 6.91. The van der Waals surface area contributed by atoms with E-state index in [0.717, 1.165) is 30.8 Å². The normalized spacial score (nSPS) is 12.9. The van der Waals surface area contributed by atoms with E-state index in [1.165, 1.54) is 11.3 Å². The molecule has 0 spiro atoms. The number of aliphatic hydroxyl groups is 1. The molecule has 0 radical (unpaired) electrons. The van der Waals surface area contributed by atoms with Crippen LogP contribution in [0.4, 0.5) is 0 Å². The van der Waals surface area contributed by atoms with Crippen LogP contribution in [-0.4, -0.2) is 42.0 Å². The molecule has 17 heavy (non-hydrogen) atoms. The Hall–Kier alpha value is -0.710. The average molecular weight is 255 g/mol. The summed E-state index contributed by atoms with van der Waals surface area (Å²) in [5.41, 5.74) is 0. The van der Waals surface area contributed by atoms with E-state index in [1.54, 1.807) is 6.92 Å². The Morgan fingerprint density at radius 2 is 2.29 bits per heavy atom. The van der Waals surface area contributed by atoms with Crippen molar-refractivity contribution in [2.75, 3.05) is 20.1 Å². The molecular formula is C13H21NO2S. The Morgan fingerprint density at radius 3 is 2.88 bits per heavy atom. The van der Waals surface area contributed by atoms with E-state index in [4.69, 9.17) is 5.11 Å². The van der Waals surface area contributed by atoms with E-state index >= 15 is 0 Å². The number of thiophene rings is 1. The molecule has 0 fully saturated rings. The lowest BCUT2D eigenvalue weighted by Gasteiger charge is -2.16. The molecule has 0 saturated heterocycles. The second kappa shape index (κ2) is 7.58. The first-order valence-electron chi connectivity index (χ1n) is 6.03. The maximum absolute atomic E-state index is 11.7. The molecule has 0 aliphatic carbocycles. The Balaban J connectivity index is 2.13. The zero-order valence-corrected chi connectivity index (χ0v) is 11.4. The van der Waals surface area contributed by atoms with Gasteiger partial charge in [0.2, 0.25) is 0 Å². The summed E-state index contributed by atoms with van der Waals surface area (Å²) in [6, 6.07) is 3.79. The zero-order valence-electron chi connectivity index (χ0n) is 10.6. The number of nitrogens with zero attached hydrogens (tertiary/aromatic N) is 1. The maximum atomic E-state index is 11.7. The van der Waals surface area contributed by atoms with Crippen LogP contribution in [0.3, 0.4) is 0 Å². The van der Waals surface area contributed by atoms with Gasteiger partial charge in [-0.3, -0.25) is 4.79 Å². The molecule has 1 unspecified atom stereocenters. The van der Waals surface area contributed by atoms with Gasteiger partial charge in [-0.1, -0.05) is 6.07 Å². The predicted octanol–water partition coefficient (Wildman–Crippen LogP) is 2.41. The zero-order chi connectivity index (χ0) is 12.7. The maximum Gasteiger partial charge on any atom is 0.172 e. The van der Waals surface area contributed by atoms with E-state index < -0.39 is 0 Å². The van der Waals surface area contributed by atoms with Crippen molar-refractivity contribution in [2.24, 2.45) is 0 Å². The van der Waals surface area contributed by atoms with Gasteiger partial charge in [-0.15, -0.1) is 11.3 Å². The number of hydrogen-bond donors (Lipinski definition) is 1. The van der Waals surface area contributed by atoms with Crippen LogP contribution in [0.25, 0.3) is 0 Å². The highest BCUT2D eigenvalue weighted by molar-refractivity contribution is 7.12. The fourth-order valence-electron chi connectivity index (χ4n) is 1.59. The van der Waals surface area contributed by atoms with Gasteiger partial charge in [-0.2, -0.15) is 0 Å². The number of hydrogen-bond acceptors (Lipinski definition) is 4. The van der Waals surface area contributed by atoms with Crippen molar-refractivity contribution in [3.05, 3.63) is 22.4 Å². The molecule has 0 aliphatic rings. The van der Waals surface area contributed by atoms with Gasteiger partial charge < -0.3 is 10.0 Å². The third-order valence-corrected chi connectivity index (χ3v) is 3.58. The fraction of sp³-hybridized carbons (Fsp3) is 0.615. The molecule has 1 atom stereocenters. The molecule has 1 aromatic rings. The summed E-state index contributed by atoms with van der Waals surface area (Å²) < 4.78 is 0. The molecule has 1 N–H and O–H groups in total. The number of aliphatic hydroxyl groups excluding tert-OH is 1. The molecule has 96 valence electrons. The third-order valence-electron chi connectivity index (χ3n) is 2.67. The Kier molecular flexibility index (Phi) is 6.40. The number of ketones is 1. The summed E-state index contributed by atoms with van der Waals surface area (Å²) in [5, 5.41) is 11.1. The van der Waals surface area contributed by atoms with Crippen molar-refractivity contribution in [1.82, 2.24) is 4.90 Å². The molecule has 1 rings (SSSR count). The van der Waals surface area contributed by atoms with Gasteiger partial charge in [0.25, 0.3) is 0 Å². The lowest BCUT2D eigenvalue weighted by molar-refractivity contribution is 0.0978. The molecule has 0 aliphatic heterocycles. The largest absolute Gasteiger partial charge is 0.393 e. The summed E-state index contributed by atoms with van der Waals surface area (Å²) in [6.07, 6.45) is 2.03. The molecule has 3 nitrogen and oxygen atoms in total. The van der Waals surface area contributed by atoms with Crippen LogP contribution in [0.2, 0.25) is 0 Å². The number of rotatable bonds is 8. The molecule has 0 aromatic carbocycles. The lowest BCUT2D eigenvalue weighted by Crippen LogP contribution is -2.24. The van der Waals surface area contributed by atoms with Crippen molar-refractivity contribution in [1.29, 1.82) is 0 Å². The van der Waals surface area contributed by atoms with Crippen LogP contribution in [0.1, 0.15) is 35.9 Å². The molecule has 1 heterocycles. The van der Waals surface area contributed by atoms with Crippen LogP contribution in [-0.2, 0) is 0 Å². The monoisotopic (exact) mass is 255 g/mol. The van der Waals surface area contributed by atoms with Crippen molar-refractivity contribution < 1.29 is 9.90 Å². The quantitative estimate of drug-likeness (QED) is 0.725. The van der Waals surface area contributed by atoms with Crippen LogP contribution < -0.4 is 0 Å². The smallest absolute Gasteiger partial charge is 0.172 e. The second-order valence-electron chi connectivity index (χ2n) is 4.45. The number of carbonyl (C=O) groups is 1. The summed E-state index contributed by atoms with van der Waals surface area (Å²) in [6.45, 7) is 3.59. The highest BCUT2D eigenvalue weighted by Gasteiger charge is 2.07. The lowest BCUT2D eigenvalue weighted by atomic mass is 10.2. The summed E-state index contributed by atoms with van der Waals surface area (Å²) in [5.74, 6) is 0.240. The van der Waals surface area contributed by atoms with Gasteiger partial charge in [-0.05, 0) is 44.8 Å². The molecule has 1 aromatic heterocycles. The van der Waals surface area contributed by atoms with Crippen molar-refractivity contribution in [3.63, 3.8) is 0 Å². The highest BCUT2D eigenvalue weighted by atomic mass is 32.1. The summed E-state index contributed by atoms with van der Waals surface area (Å²) >= 11 is 1.51. The van der Waals surface area contributed by atoms with Gasteiger partial charge >= 0.3 is 0 Å². The van der Waals surface area contributed by atoms with E-state index in [1.807, 2.05) is 24.6 Å². The molecule has 4 heteroatoms. The average Bonchev–Trinajstić information content (AvgIpc) is 2.79. The first-order chi connectivity index (χ1) is 8.09. The van der Waals surface area contributed by atoms with Crippen molar-refractivity contribution >= 4 is 17.1 Å². The number of Topliss-reactive ketones (excluding diaryl/α,β-unsaturated/α-hetero) is 1. The van der Waals surface area contributed by atoms with Gasteiger partial charge in [0.1, 0.15) is 0 Å². The van der Waals surface area contributed by atoms with E-state index in [-0.39, 0.29) is 11.9 Å². The Morgan fingerprint density at radius 1 is 1.53 bits per heavy atom. The minimum absolute atomic E-state index is 0.240. The Bertz CT molecular complexity index is 322. The Labute approximate surface area is 107 Å². The fourth-order valence-corrected chi connectivity index (χ4v) is 2.28. The third kappa shape index (κ3) is 5.96. The van der Waals surface area contributed by atoms with Gasteiger partial charge in [0.05, 0.1) is 11.0 Å². The van der Waals surface area contributed by atoms with Crippen LogP contribution in [0.5, 0.6) is 0 Å². The SMILES string of the molecule is CC(O)CCN(C)CCCC(=O)c1cccs1. The van der Waals surface area contributed by atoms with Crippen molar-refractivity contribution in [3.8, 4) is 0 Å². The number of carbonyl (C=O) groups excluding carboxylic acids is 1. The van der Waals surface area contributed by atoms with Crippen molar-refractivity contribution in [2.45, 2.75) is 32.3 Å². The molecular weight excluding hydrogens is 234 g/mol. The topological polar surface area (TPSA) is 40.5 Å². The van der Waals surface area contributed by atoms with Gasteiger partial charge in [0, 0.05) is 13.0 Å². The van der Waals surface area contributed by atoms with Gasteiger partial charge in [0.15, 0.2) is 5.78 Å². The van der Waals surface area contributed by atoms with Crippen LogP contribution in [0, 0.1) is 0 Å². The van der Waals surface area contributed by atoms with E-state index in [2.05, 4.69) is 4.90 Å². The second-order valence-corrected chi connectivity index (χ2v) is 5.39. The predicted molar refractivity (Wildman–Crippen MR) is 71.7 cm³/mol. The highest BCUT2D eigenvalue weighted by Crippen LogP contribution is 2.12. The summed E-state index contributed by atoms with van der Waals surface area (Å²) in [7, 11) is 2.03. The molecule has 0 saturated carbocycles. The van der Waals surface area contributed by atoms with E-state index in [9.17, 15) is 4.79 Å².